The summed E-state index contributed by atoms with van der Waals surface area (Å²) >= 11 is 0. The normalized spacial score (nSPS) is 13.3. The predicted molar refractivity (Wildman–Crippen MR) is 256 cm³/mol. The van der Waals surface area contributed by atoms with Gasteiger partial charge in [0.15, 0.2) is 35.3 Å². The molecule has 94 heavy (non-hydrogen) atoms. The number of para-hydroxylation sites is 3. The first kappa shape index (κ1) is 72.1. The van der Waals surface area contributed by atoms with Crippen LogP contribution in [0.1, 0.15) is 72.3 Å². The summed E-state index contributed by atoms with van der Waals surface area (Å²) < 4.78 is 418. The van der Waals surface area contributed by atoms with E-state index < -0.39 is 179 Å². The minimum absolute atomic E-state index is 0.00310. The number of hydrogen-bond acceptors (Lipinski definition) is 6. The van der Waals surface area contributed by atoms with E-state index in [-0.39, 0.29) is 38.9 Å². The lowest BCUT2D eigenvalue weighted by Crippen LogP contribution is -2.51. The fraction of sp³-hybridized carbons (Fsp3) is 0.236. The maximum Gasteiger partial charge on any atom is 0.608 e. The Morgan fingerprint density at radius 3 is 0.819 bits per heavy atom. The van der Waals surface area contributed by atoms with E-state index in [1.165, 1.54) is 44.2 Å². The number of rotatable bonds is 3. The molecule has 0 aliphatic carbocycles. The van der Waals surface area contributed by atoms with E-state index in [9.17, 15) is 146 Å². The van der Waals surface area contributed by atoms with Gasteiger partial charge in [0.25, 0.3) is 0 Å². The lowest BCUT2D eigenvalue weighted by atomic mass is 9.87. The molecule has 504 valence electrons. The molecule has 0 aliphatic rings. The second-order valence-electron chi connectivity index (χ2n) is 19.5. The Morgan fingerprint density at radius 2 is 0.543 bits per heavy atom. The highest BCUT2D eigenvalue weighted by Gasteiger charge is 2.63. The van der Waals surface area contributed by atoms with Crippen LogP contribution in [-0.2, 0) is 61.8 Å². The van der Waals surface area contributed by atoms with Crippen molar-refractivity contribution in [1.82, 2.24) is 0 Å². The fourth-order valence-corrected chi connectivity index (χ4v) is 9.17. The zero-order valence-corrected chi connectivity index (χ0v) is 45.4. The van der Waals surface area contributed by atoms with Gasteiger partial charge in [-0.2, -0.15) is 146 Å². The molecule has 9 nitrogen and oxygen atoms in total. The van der Waals surface area contributed by atoms with E-state index in [0.717, 1.165) is 18.3 Å². The highest BCUT2D eigenvalue weighted by molar-refractivity contribution is 5.79. The molecule has 39 heteroatoms. The summed E-state index contributed by atoms with van der Waals surface area (Å²) in [5.41, 5.74) is -35.0. The smallest absolute Gasteiger partial charge is 0.371 e. The van der Waals surface area contributed by atoms with Crippen LogP contribution in [0.2, 0.25) is 0 Å². The molecular formula is C55H26F30N3O6+3. The van der Waals surface area contributed by atoms with Crippen molar-refractivity contribution in [3.63, 3.8) is 0 Å². The van der Waals surface area contributed by atoms with Gasteiger partial charge in [0, 0.05) is 12.1 Å². The topological polar surface area (TPSA) is 102 Å². The second kappa shape index (κ2) is 23.9. The number of fused-ring (bicyclic) bond motifs is 3. The molecule has 3 aromatic heterocycles. The molecule has 0 N–H and O–H groups in total. The molecule has 0 bridgehead atoms. The van der Waals surface area contributed by atoms with Gasteiger partial charge in [0.1, 0.15) is 22.3 Å². The van der Waals surface area contributed by atoms with Crippen molar-refractivity contribution < 1.29 is 159 Å². The number of alkyl halides is 30. The van der Waals surface area contributed by atoms with E-state index in [2.05, 4.69) is 4.42 Å². The Kier molecular flexibility index (Phi) is 18.3. The average Bonchev–Trinajstić information content (AvgIpc) is 0.703. The number of halogens is 30. The van der Waals surface area contributed by atoms with Crippen molar-refractivity contribution in [2.45, 2.75) is 82.5 Å². The second-order valence-corrected chi connectivity index (χ2v) is 19.5. The van der Waals surface area contributed by atoms with Crippen LogP contribution < -0.4 is 31.0 Å². The minimum Gasteiger partial charge on any atom is -0.371 e. The third kappa shape index (κ3) is 14.8. The predicted octanol–water partition coefficient (Wildman–Crippen LogP) is 17.3. The third-order valence-corrected chi connectivity index (χ3v) is 13.0. The van der Waals surface area contributed by atoms with E-state index in [1.807, 2.05) is 0 Å². The van der Waals surface area contributed by atoms with Gasteiger partial charge in [-0.15, -0.1) is 0 Å². The zero-order valence-electron chi connectivity index (χ0n) is 45.4. The van der Waals surface area contributed by atoms with Crippen LogP contribution in [0.4, 0.5) is 132 Å². The Morgan fingerprint density at radius 1 is 0.287 bits per heavy atom. The van der Waals surface area contributed by atoms with Crippen molar-refractivity contribution in [1.29, 1.82) is 0 Å². The van der Waals surface area contributed by atoms with E-state index in [0.29, 0.717) is 39.4 Å². The average molecular weight is 1390 g/mol. The van der Waals surface area contributed by atoms with Gasteiger partial charge < -0.3 is 13.3 Å². The van der Waals surface area contributed by atoms with E-state index in [1.54, 1.807) is 19.1 Å². The summed E-state index contributed by atoms with van der Waals surface area (Å²) in [6.07, 6.45) is -59.6. The van der Waals surface area contributed by atoms with Crippen molar-refractivity contribution in [2.24, 2.45) is 0 Å². The molecule has 0 aliphatic heterocycles. The molecule has 3 heterocycles. The summed E-state index contributed by atoms with van der Waals surface area (Å²) in [6, 6.07) is 12.1. The molecule has 0 unspecified atom stereocenters. The van der Waals surface area contributed by atoms with Gasteiger partial charge in [-0.25, -0.2) is 0 Å². The highest BCUT2D eigenvalue weighted by atomic mass is 19.4. The summed E-state index contributed by atoms with van der Waals surface area (Å²) in [4.78, 5) is 36.8. The van der Waals surface area contributed by atoms with Crippen LogP contribution in [0, 0.1) is 20.8 Å². The Labute approximate surface area is 498 Å². The molecule has 9 aromatic rings. The van der Waals surface area contributed by atoms with Gasteiger partial charge in [-0.3, -0.25) is 0 Å². The van der Waals surface area contributed by atoms with Crippen LogP contribution in [-0.4, -0.2) is 0 Å². The highest BCUT2D eigenvalue weighted by Crippen LogP contribution is 2.57. The van der Waals surface area contributed by atoms with Crippen molar-refractivity contribution >= 4 is 32.9 Å². The van der Waals surface area contributed by atoms with Gasteiger partial charge in [0.2, 0.25) is 17.1 Å². The van der Waals surface area contributed by atoms with Crippen LogP contribution >= 0.6 is 0 Å². The molecule has 0 saturated carbocycles. The van der Waals surface area contributed by atoms with E-state index in [4.69, 9.17) is 8.83 Å². The Balaban J connectivity index is 0.000000203. The molecule has 0 atom stereocenters. The zero-order chi connectivity index (χ0) is 71.3. The van der Waals surface area contributed by atoms with Crippen LogP contribution in [0.3, 0.4) is 0 Å². The first-order valence-corrected chi connectivity index (χ1v) is 24.6. The lowest BCUT2D eigenvalue weighted by Gasteiger charge is -2.27. The largest absolute Gasteiger partial charge is 0.608 e. The number of aromatic nitrogens is 3. The summed E-state index contributed by atoms with van der Waals surface area (Å²) in [5.74, 6) is -5.09. The van der Waals surface area contributed by atoms with Gasteiger partial charge in [-0.1, -0.05) is 50.1 Å². The number of nitrogens with zero attached hydrogens (tertiary/aromatic N) is 3. The van der Waals surface area contributed by atoms with Gasteiger partial charge in [-0.05, 0) is 73.9 Å². The molecular weight excluding hydrogens is 1370 g/mol. The molecule has 6 aromatic carbocycles. The summed E-state index contributed by atoms with van der Waals surface area (Å²) in [6.45, 7) is 4.34. The monoisotopic (exact) mass is 1390 g/mol. The van der Waals surface area contributed by atoms with Crippen LogP contribution in [0.5, 0.6) is 0 Å². The molecule has 0 fully saturated rings. The van der Waals surface area contributed by atoms with Crippen molar-refractivity contribution in [3.8, 4) is 17.1 Å². The molecule has 9 rings (SSSR count). The van der Waals surface area contributed by atoms with Gasteiger partial charge >= 0.3 is 79.0 Å². The molecule has 0 amide bonds. The molecule has 0 saturated heterocycles. The maximum atomic E-state index is 13.9. The summed E-state index contributed by atoms with van der Waals surface area (Å²) in [5, 5.41) is -0.265. The quantitative estimate of drug-likeness (QED) is 0.129. The fourth-order valence-electron chi connectivity index (χ4n) is 9.17. The molecule has 0 spiro atoms. The standard InChI is InChI=1S/C20H7F15NO2.C18H9F9NO2.C17H10F6NO2/c1-6-3-2-4-7-5-36(15(37)38-14(6)7)13-11(19(30,31)32)9(17(24,25)26)8(16(21,22)23)10(18(27,28)29)12(13)20(33,34)35;1-8-3-2-4-9-7-28(15(29)30-14(8)9)13-11(17(22,23)24)5-10(16(19,20)21)6-12(13)18(25,26)27;1-9-3-2-4-10-8-24(15(25)26-14(9)10)13-6-11(16(18,19)20)5-12(7-13)17(21,22)23/h2-5H,1H3;2-7H,1H3;2-8H,1H3/q3*+1. The SMILES string of the molecule is Cc1cccc2c[n+](-c3c(C(F)(F)F)c(C(F)(F)F)c(C(F)(F)F)c(C(F)(F)F)c3C(F)(F)F)c(=O)oc12.Cc1cccc2c[n+](-c3c(C(F)(F)F)cc(C(F)(F)F)cc3C(F)(F)F)c(=O)oc12.Cc1cccc2c[n+](-c3cc(C(F)(F)F)cc(C(F)(F)F)c3)c(=O)oc12. The first-order valence-electron chi connectivity index (χ1n) is 24.6. The summed E-state index contributed by atoms with van der Waals surface area (Å²) in [7, 11) is 0. The first-order chi connectivity index (χ1) is 42.4. The number of benzene rings is 6. The number of aryl methyl sites for hydroxylation is 3. The van der Waals surface area contributed by atoms with Crippen molar-refractivity contribution in [3.05, 3.63) is 207 Å². The Hall–Kier alpha value is -9.36. The molecule has 0 radical (unpaired) electrons. The third-order valence-electron chi connectivity index (χ3n) is 13.0. The Bertz CT molecular complexity index is 4510. The number of hydrogen-bond donors (Lipinski definition) is 0. The maximum absolute atomic E-state index is 13.9. The lowest BCUT2D eigenvalue weighted by molar-refractivity contribution is -0.626. The van der Waals surface area contributed by atoms with Gasteiger partial charge in [0.05, 0.1) is 49.5 Å². The van der Waals surface area contributed by atoms with Crippen LogP contribution in [0.25, 0.3) is 50.0 Å². The minimum atomic E-state index is -7.04. The van der Waals surface area contributed by atoms with Crippen LogP contribution in [0.15, 0.2) is 131 Å². The van der Waals surface area contributed by atoms with Crippen molar-refractivity contribution in [2.75, 3.05) is 0 Å². The van der Waals surface area contributed by atoms with E-state index >= 15 is 0 Å².